The Labute approximate surface area is 115 Å². The van der Waals surface area contributed by atoms with Crippen LogP contribution in [0.4, 0.5) is 0 Å². The smallest absolute Gasteiger partial charge is 0.239 e. The molecule has 0 saturated carbocycles. The second-order valence-electron chi connectivity index (χ2n) is 6.11. The van der Waals surface area contributed by atoms with E-state index in [4.69, 9.17) is 9.47 Å². The second-order valence-corrected chi connectivity index (χ2v) is 6.11. The van der Waals surface area contributed by atoms with E-state index in [9.17, 15) is 4.79 Å². The van der Waals surface area contributed by atoms with Crippen molar-refractivity contribution in [3.63, 3.8) is 0 Å². The zero-order chi connectivity index (χ0) is 13.9. The van der Waals surface area contributed by atoms with Crippen LogP contribution in [0.3, 0.4) is 0 Å². The molecular formula is C14H26N2O3. The number of morpholine rings is 1. The zero-order valence-electron chi connectivity index (χ0n) is 12.3. The molecule has 0 aliphatic carbocycles. The number of hydrogen-bond acceptors (Lipinski definition) is 4. The Morgan fingerprint density at radius 1 is 1.42 bits per heavy atom. The van der Waals surface area contributed by atoms with Gasteiger partial charge in [0.25, 0.3) is 0 Å². The van der Waals surface area contributed by atoms with Crippen molar-refractivity contribution in [2.24, 2.45) is 0 Å². The average Bonchev–Trinajstić information content (AvgIpc) is 2.76. The molecule has 5 nitrogen and oxygen atoms in total. The largest absolute Gasteiger partial charge is 0.378 e. The summed E-state index contributed by atoms with van der Waals surface area (Å²) in [6.45, 7) is 9.63. The van der Waals surface area contributed by atoms with Gasteiger partial charge in [-0.3, -0.25) is 4.79 Å². The molecule has 1 N–H and O–H groups in total. The first-order valence-corrected chi connectivity index (χ1v) is 7.26. The highest BCUT2D eigenvalue weighted by molar-refractivity contribution is 5.81. The molecule has 2 saturated heterocycles. The summed E-state index contributed by atoms with van der Waals surface area (Å²) in [6.07, 6.45) is 2.39. The molecule has 2 aliphatic heterocycles. The van der Waals surface area contributed by atoms with Gasteiger partial charge in [-0.2, -0.15) is 0 Å². The number of amides is 1. The van der Waals surface area contributed by atoms with Crippen molar-refractivity contribution >= 4 is 5.91 Å². The molecule has 2 heterocycles. The third-order valence-corrected chi connectivity index (χ3v) is 3.90. The number of ether oxygens (including phenoxy) is 2. The number of rotatable bonds is 4. The van der Waals surface area contributed by atoms with E-state index in [0.717, 1.165) is 19.4 Å². The van der Waals surface area contributed by atoms with Gasteiger partial charge >= 0.3 is 0 Å². The van der Waals surface area contributed by atoms with Gasteiger partial charge in [-0.05, 0) is 33.6 Å². The summed E-state index contributed by atoms with van der Waals surface area (Å²) in [7, 11) is 0. The van der Waals surface area contributed by atoms with Crippen LogP contribution in [0.1, 0.15) is 33.6 Å². The maximum Gasteiger partial charge on any atom is 0.239 e. The van der Waals surface area contributed by atoms with E-state index in [1.165, 1.54) is 0 Å². The molecule has 2 fully saturated rings. The van der Waals surface area contributed by atoms with Gasteiger partial charge in [0.05, 0.1) is 31.0 Å². The molecule has 110 valence electrons. The fraction of sp³-hybridized carbons (Fsp3) is 0.929. The minimum atomic E-state index is -0.148. The van der Waals surface area contributed by atoms with Crippen LogP contribution in [0, 0.1) is 0 Å². The Balaban J connectivity index is 1.71. The second kappa shape index (κ2) is 6.20. The van der Waals surface area contributed by atoms with Crippen LogP contribution in [0.15, 0.2) is 0 Å². The first-order valence-electron chi connectivity index (χ1n) is 7.26. The standard InChI is InChI=1S/C14H26N2O3/c1-11(13(17)16-6-8-18-9-7-16)15-10-12-4-5-14(2,3)19-12/h11-12,15H,4-10H2,1-3H3. The van der Waals surface area contributed by atoms with E-state index < -0.39 is 0 Å². The Morgan fingerprint density at radius 3 is 2.68 bits per heavy atom. The maximum absolute atomic E-state index is 12.2. The number of carbonyl (C=O) groups excluding carboxylic acids is 1. The normalized spacial score (nSPS) is 28.4. The molecule has 0 aromatic carbocycles. The van der Waals surface area contributed by atoms with Crippen molar-refractivity contribution < 1.29 is 14.3 Å². The number of carbonyl (C=O) groups is 1. The summed E-state index contributed by atoms with van der Waals surface area (Å²) in [5.74, 6) is 0.167. The average molecular weight is 270 g/mol. The quantitative estimate of drug-likeness (QED) is 0.820. The Hall–Kier alpha value is -0.650. The van der Waals surface area contributed by atoms with Crippen molar-refractivity contribution in [3.8, 4) is 0 Å². The van der Waals surface area contributed by atoms with E-state index in [1.54, 1.807) is 0 Å². The van der Waals surface area contributed by atoms with Crippen LogP contribution < -0.4 is 5.32 Å². The van der Waals surface area contributed by atoms with Gasteiger partial charge in [-0.15, -0.1) is 0 Å². The third kappa shape index (κ3) is 4.16. The monoisotopic (exact) mass is 270 g/mol. The van der Waals surface area contributed by atoms with E-state index in [2.05, 4.69) is 19.2 Å². The van der Waals surface area contributed by atoms with E-state index >= 15 is 0 Å². The molecule has 0 radical (unpaired) electrons. The predicted molar refractivity (Wildman–Crippen MR) is 73.0 cm³/mol. The van der Waals surface area contributed by atoms with Crippen LogP contribution in [-0.4, -0.2) is 61.4 Å². The van der Waals surface area contributed by atoms with Crippen LogP contribution in [-0.2, 0) is 14.3 Å². The Morgan fingerprint density at radius 2 is 2.11 bits per heavy atom. The van der Waals surface area contributed by atoms with Crippen LogP contribution in [0.5, 0.6) is 0 Å². The van der Waals surface area contributed by atoms with E-state index in [-0.39, 0.29) is 23.7 Å². The highest BCUT2D eigenvalue weighted by atomic mass is 16.5. The summed E-state index contributed by atoms with van der Waals surface area (Å²) in [6, 6.07) is -0.148. The lowest BCUT2D eigenvalue weighted by Gasteiger charge is -2.30. The number of nitrogens with zero attached hydrogens (tertiary/aromatic N) is 1. The fourth-order valence-electron chi connectivity index (χ4n) is 2.67. The molecule has 5 heteroatoms. The highest BCUT2D eigenvalue weighted by Gasteiger charge is 2.32. The molecule has 1 amide bonds. The molecule has 0 aromatic heterocycles. The summed E-state index contributed by atoms with van der Waals surface area (Å²) in [5.41, 5.74) is -0.0101. The van der Waals surface area contributed by atoms with Crippen molar-refractivity contribution in [2.75, 3.05) is 32.8 Å². The SMILES string of the molecule is CC(NCC1CCC(C)(C)O1)C(=O)N1CCOCC1. The molecule has 19 heavy (non-hydrogen) atoms. The fourth-order valence-corrected chi connectivity index (χ4v) is 2.67. The number of hydrogen-bond donors (Lipinski definition) is 1. The minimum absolute atomic E-state index is 0.0101. The van der Waals surface area contributed by atoms with Gasteiger partial charge in [0.1, 0.15) is 0 Å². The van der Waals surface area contributed by atoms with E-state index in [1.807, 2.05) is 11.8 Å². The predicted octanol–water partition coefficient (Wildman–Crippen LogP) is 0.781. The van der Waals surface area contributed by atoms with Crippen LogP contribution >= 0.6 is 0 Å². The molecule has 2 aliphatic rings. The first kappa shape index (κ1) is 14.8. The van der Waals surface area contributed by atoms with Gasteiger partial charge in [0.2, 0.25) is 5.91 Å². The van der Waals surface area contributed by atoms with Gasteiger partial charge in [0, 0.05) is 19.6 Å². The van der Waals surface area contributed by atoms with Crippen LogP contribution in [0.25, 0.3) is 0 Å². The Kier molecular flexibility index (Phi) is 4.81. The lowest BCUT2D eigenvalue weighted by molar-refractivity contribution is -0.137. The summed E-state index contributed by atoms with van der Waals surface area (Å²) in [5, 5.41) is 3.30. The lowest BCUT2D eigenvalue weighted by atomic mass is 10.1. The minimum Gasteiger partial charge on any atom is -0.378 e. The number of nitrogens with one attached hydrogen (secondary N) is 1. The molecular weight excluding hydrogens is 244 g/mol. The topological polar surface area (TPSA) is 50.8 Å². The molecule has 2 rings (SSSR count). The zero-order valence-corrected chi connectivity index (χ0v) is 12.3. The van der Waals surface area contributed by atoms with Gasteiger partial charge < -0.3 is 19.7 Å². The third-order valence-electron chi connectivity index (χ3n) is 3.90. The highest BCUT2D eigenvalue weighted by Crippen LogP contribution is 2.28. The molecule has 0 spiro atoms. The van der Waals surface area contributed by atoms with Crippen molar-refractivity contribution in [3.05, 3.63) is 0 Å². The summed E-state index contributed by atoms with van der Waals surface area (Å²) >= 11 is 0. The summed E-state index contributed by atoms with van der Waals surface area (Å²) in [4.78, 5) is 14.1. The van der Waals surface area contributed by atoms with Crippen molar-refractivity contribution in [1.82, 2.24) is 10.2 Å². The van der Waals surface area contributed by atoms with Gasteiger partial charge in [0.15, 0.2) is 0 Å². The lowest BCUT2D eigenvalue weighted by Crippen LogP contribution is -2.50. The molecule has 0 aromatic rings. The van der Waals surface area contributed by atoms with E-state index in [0.29, 0.717) is 26.3 Å². The Bertz CT molecular complexity index is 314. The summed E-state index contributed by atoms with van der Waals surface area (Å²) < 4.78 is 11.2. The molecule has 0 bridgehead atoms. The van der Waals surface area contributed by atoms with Crippen molar-refractivity contribution in [2.45, 2.75) is 51.4 Å². The van der Waals surface area contributed by atoms with Gasteiger partial charge in [-0.25, -0.2) is 0 Å². The molecule has 2 atom stereocenters. The first-order chi connectivity index (χ1) is 8.98. The van der Waals surface area contributed by atoms with Crippen molar-refractivity contribution in [1.29, 1.82) is 0 Å². The molecule has 2 unspecified atom stereocenters. The van der Waals surface area contributed by atoms with Crippen LogP contribution in [0.2, 0.25) is 0 Å². The van der Waals surface area contributed by atoms with Gasteiger partial charge in [-0.1, -0.05) is 0 Å². The maximum atomic E-state index is 12.2.